The highest BCUT2D eigenvalue weighted by molar-refractivity contribution is 8.00. The number of likely N-dealkylation sites (N-methyl/N-ethyl adjacent to an activating group) is 1. The number of nitrogens with zero attached hydrogens (tertiary/aromatic N) is 2. The van der Waals surface area contributed by atoms with Crippen molar-refractivity contribution in [3.05, 3.63) is 59.2 Å². The molecule has 2 aromatic rings. The van der Waals surface area contributed by atoms with E-state index in [1.165, 1.54) is 23.9 Å². The van der Waals surface area contributed by atoms with Crippen LogP contribution in [-0.2, 0) is 17.4 Å². The normalized spacial score (nSPS) is 19.4. The van der Waals surface area contributed by atoms with Crippen molar-refractivity contribution in [1.29, 1.82) is 0 Å². The van der Waals surface area contributed by atoms with E-state index in [-0.39, 0.29) is 11.8 Å². The Morgan fingerprint density at radius 1 is 1.16 bits per heavy atom. The molecule has 1 aliphatic heterocycles. The molecule has 0 spiro atoms. The molecule has 1 amide bonds. The zero-order valence-corrected chi connectivity index (χ0v) is 18.9. The first kappa shape index (κ1) is 23.5. The van der Waals surface area contributed by atoms with Gasteiger partial charge in [-0.05, 0) is 68.2 Å². The van der Waals surface area contributed by atoms with Crippen molar-refractivity contribution in [3.63, 3.8) is 0 Å². The SMILES string of the molecule is COc1ccc(C2Cc3cc(C(F)(F)F)ccc3N(CCN(C)C)C(=O)C2SC)cc1. The van der Waals surface area contributed by atoms with Crippen molar-refractivity contribution in [2.24, 2.45) is 0 Å². The number of halogens is 3. The molecule has 0 saturated heterocycles. The molecule has 0 saturated carbocycles. The standard InChI is InChI=1S/C23H27F3N2O2S/c1-27(2)11-12-28-20-10-7-17(23(24,25)26)13-16(20)14-19(21(31-4)22(28)29)15-5-8-18(30-3)9-6-15/h5-10,13,19,21H,11-12,14H2,1-4H3. The van der Waals surface area contributed by atoms with Crippen LogP contribution in [0, 0.1) is 0 Å². The van der Waals surface area contributed by atoms with Gasteiger partial charge < -0.3 is 14.5 Å². The van der Waals surface area contributed by atoms with Crippen LogP contribution < -0.4 is 9.64 Å². The lowest BCUT2D eigenvalue weighted by Gasteiger charge is -2.28. The van der Waals surface area contributed by atoms with E-state index in [2.05, 4.69) is 0 Å². The van der Waals surface area contributed by atoms with Crippen molar-refractivity contribution in [1.82, 2.24) is 4.90 Å². The molecule has 31 heavy (non-hydrogen) atoms. The fourth-order valence-corrected chi connectivity index (χ4v) is 4.83. The van der Waals surface area contributed by atoms with Gasteiger partial charge in [0.15, 0.2) is 0 Å². The van der Waals surface area contributed by atoms with E-state index in [0.717, 1.165) is 11.6 Å². The summed E-state index contributed by atoms with van der Waals surface area (Å²) in [7, 11) is 5.39. The van der Waals surface area contributed by atoms with E-state index in [0.29, 0.717) is 36.5 Å². The van der Waals surface area contributed by atoms with E-state index in [1.54, 1.807) is 12.0 Å². The van der Waals surface area contributed by atoms with Crippen molar-refractivity contribution >= 4 is 23.4 Å². The molecule has 2 unspecified atom stereocenters. The predicted molar refractivity (Wildman–Crippen MR) is 119 cm³/mol. The van der Waals surface area contributed by atoms with Crippen LogP contribution in [0.2, 0.25) is 0 Å². The van der Waals surface area contributed by atoms with Crippen LogP contribution in [0.25, 0.3) is 0 Å². The molecule has 0 radical (unpaired) electrons. The van der Waals surface area contributed by atoms with Crippen LogP contribution in [0.15, 0.2) is 42.5 Å². The molecule has 168 valence electrons. The van der Waals surface area contributed by atoms with E-state index < -0.39 is 17.0 Å². The van der Waals surface area contributed by atoms with Crippen LogP contribution in [0.1, 0.15) is 22.6 Å². The summed E-state index contributed by atoms with van der Waals surface area (Å²) in [5.41, 5.74) is 1.32. The lowest BCUT2D eigenvalue weighted by Crippen LogP contribution is -2.42. The van der Waals surface area contributed by atoms with Gasteiger partial charge in [-0.1, -0.05) is 12.1 Å². The van der Waals surface area contributed by atoms with E-state index in [1.807, 2.05) is 49.5 Å². The third-order valence-corrected chi connectivity index (χ3v) is 6.62. The number of alkyl halides is 3. The van der Waals surface area contributed by atoms with Crippen molar-refractivity contribution < 1.29 is 22.7 Å². The molecule has 0 aromatic heterocycles. The van der Waals surface area contributed by atoms with Gasteiger partial charge in [0.05, 0.1) is 17.9 Å². The Kier molecular flexibility index (Phi) is 7.21. The smallest absolute Gasteiger partial charge is 0.416 e. The minimum Gasteiger partial charge on any atom is -0.497 e. The zero-order valence-electron chi connectivity index (χ0n) is 18.1. The Hall–Kier alpha value is -2.19. The molecule has 1 heterocycles. The molecule has 4 nitrogen and oxygen atoms in total. The molecule has 0 aliphatic carbocycles. The molecule has 3 rings (SSSR count). The topological polar surface area (TPSA) is 32.8 Å². The number of fused-ring (bicyclic) bond motifs is 1. The number of hydrogen-bond acceptors (Lipinski definition) is 4. The van der Waals surface area contributed by atoms with Crippen LogP contribution in [0.4, 0.5) is 18.9 Å². The summed E-state index contributed by atoms with van der Waals surface area (Å²) >= 11 is 1.44. The number of carbonyl (C=O) groups excluding carboxylic acids is 1. The monoisotopic (exact) mass is 452 g/mol. The Labute approximate surface area is 185 Å². The highest BCUT2D eigenvalue weighted by Crippen LogP contribution is 2.41. The third kappa shape index (κ3) is 5.18. The molecule has 2 aromatic carbocycles. The summed E-state index contributed by atoms with van der Waals surface area (Å²) in [5.74, 6) is 0.366. The Morgan fingerprint density at radius 3 is 2.39 bits per heavy atom. The first-order valence-corrected chi connectivity index (χ1v) is 11.3. The largest absolute Gasteiger partial charge is 0.497 e. The maximum atomic E-state index is 13.6. The number of benzene rings is 2. The van der Waals surface area contributed by atoms with Gasteiger partial charge in [0.2, 0.25) is 5.91 Å². The summed E-state index contributed by atoms with van der Waals surface area (Å²) in [6.45, 7) is 1.02. The number of ether oxygens (including phenoxy) is 1. The second kappa shape index (κ2) is 9.53. The second-order valence-corrected chi connectivity index (χ2v) is 8.85. The fourth-order valence-electron chi connectivity index (χ4n) is 3.92. The van der Waals surface area contributed by atoms with Crippen molar-refractivity contribution in [2.75, 3.05) is 45.5 Å². The number of anilines is 1. The molecule has 0 N–H and O–H groups in total. The van der Waals surface area contributed by atoms with Crippen LogP contribution in [0.3, 0.4) is 0 Å². The van der Waals surface area contributed by atoms with E-state index in [9.17, 15) is 18.0 Å². The first-order chi connectivity index (χ1) is 14.7. The Balaban J connectivity index is 2.11. The van der Waals surface area contributed by atoms with Gasteiger partial charge in [-0.25, -0.2) is 0 Å². The average molecular weight is 453 g/mol. The molecule has 0 bridgehead atoms. The number of amides is 1. The average Bonchev–Trinajstić information content (AvgIpc) is 2.84. The number of methoxy groups -OCH3 is 1. The van der Waals surface area contributed by atoms with E-state index >= 15 is 0 Å². The highest BCUT2D eigenvalue weighted by Gasteiger charge is 2.39. The molecule has 1 aliphatic rings. The third-order valence-electron chi connectivity index (χ3n) is 5.58. The zero-order chi connectivity index (χ0) is 22.8. The van der Waals surface area contributed by atoms with Crippen LogP contribution >= 0.6 is 11.8 Å². The summed E-state index contributed by atoms with van der Waals surface area (Å²) in [6.07, 6.45) is -2.21. The lowest BCUT2D eigenvalue weighted by molar-refractivity contribution is -0.137. The highest BCUT2D eigenvalue weighted by atomic mass is 32.2. The summed E-state index contributed by atoms with van der Waals surface area (Å²) in [6, 6.07) is 11.1. The van der Waals surface area contributed by atoms with Gasteiger partial charge >= 0.3 is 6.18 Å². The molecule has 0 fully saturated rings. The fraction of sp³-hybridized carbons (Fsp3) is 0.435. The number of carbonyl (C=O) groups is 1. The van der Waals surface area contributed by atoms with Gasteiger partial charge in [0, 0.05) is 24.7 Å². The van der Waals surface area contributed by atoms with Crippen LogP contribution in [-0.4, -0.2) is 56.6 Å². The number of thioether (sulfide) groups is 1. The Morgan fingerprint density at radius 2 is 1.84 bits per heavy atom. The number of hydrogen-bond donors (Lipinski definition) is 0. The summed E-state index contributed by atoms with van der Waals surface area (Å²) in [4.78, 5) is 17.2. The second-order valence-electron chi connectivity index (χ2n) is 7.87. The van der Waals surface area contributed by atoms with Gasteiger partial charge in [0.1, 0.15) is 5.75 Å². The Bertz CT molecular complexity index is 916. The number of rotatable bonds is 6. The van der Waals surface area contributed by atoms with Crippen molar-refractivity contribution in [2.45, 2.75) is 23.8 Å². The quantitative estimate of drug-likeness (QED) is 0.637. The first-order valence-electron chi connectivity index (χ1n) is 9.98. The molecule has 2 atom stereocenters. The van der Waals surface area contributed by atoms with Crippen molar-refractivity contribution in [3.8, 4) is 5.75 Å². The molecular formula is C23H27F3N2O2S. The maximum Gasteiger partial charge on any atom is 0.416 e. The maximum absolute atomic E-state index is 13.6. The lowest BCUT2D eigenvalue weighted by atomic mass is 9.88. The van der Waals surface area contributed by atoms with E-state index in [4.69, 9.17) is 4.74 Å². The van der Waals surface area contributed by atoms with Gasteiger partial charge in [-0.3, -0.25) is 4.79 Å². The summed E-state index contributed by atoms with van der Waals surface area (Å²) in [5, 5.41) is -0.405. The molecule has 8 heteroatoms. The summed E-state index contributed by atoms with van der Waals surface area (Å²) < 4.78 is 45.5. The van der Waals surface area contributed by atoms with Gasteiger partial charge in [-0.15, -0.1) is 0 Å². The van der Waals surface area contributed by atoms with Crippen LogP contribution in [0.5, 0.6) is 5.75 Å². The van der Waals surface area contributed by atoms with Gasteiger partial charge in [-0.2, -0.15) is 24.9 Å². The minimum absolute atomic E-state index is 0.0753. The minimum atomic E-state index is -4.44. The molecular weight excluding hydrogens is 425 g/mol. The van der Waals surface area contributed by atoms with Gasteiger partial charge in [0.25, 0.3) is 0 Å². The predicted octanol–water partition coefficient (Wildman–Crippen LogP) is 4.68.